The van der Waals surface area contributed by atoms with Crippen LogP contribution in [0.25, 0.3) is 0 Å². The fourth-order valence-electron chi connectivity index (χ4n) is 3.56. The molecule has 0 saturated heterocycles. The van der Waals surface area contributed by atoms with Gasteiger partial charge >= 0.3 is 12.1 Å². The van der Waals surface area contributed by atoms with Gasteiger partial charge in [0.2, 0.25) is 6.79 Å². The molecule has 3 rings (SSSR count). The van der Waals surface area contributed by atoms with Crippen molar-refractivity contribution in [2.24, 2.45) is 0 Å². The van der Waals surface area contributed by atoms with E-state index in [1.165, 1.54) is 6.08 Å². The summed E-state index contributed by atoms with van der Waals surface area (Å²) in [7, 11) is 0. The molecule has 2 atom stereocenters. The number of anilines is 1. The van der Waals surface area contributed by atoms with E-state index in [1.54, 1.807) is 42.5 Å². The first-order chi connectivity index (χ1) is 17.0. The number of hydrogen-bond acceptors (Lipinski definition) is 8. The van der Waals surface area contributed by atoms with Gasteiger partial charge in [-0.15, -0.1) is 0 Å². The molecule has 2 aromatic rings. The molecule has 10 nitrogen and oxygen atoms in total. The number of carbonyl (C=O) groups excluding carboxylic acids is 1. The van der Waals surface area contributed by atoms with Crippen LogP contribution in [0.15, 0.2) is 54.6 Å². The highest BCUT2D eigenvalue weighted by molar-refractivity contribution is 5.85. The lowest BCUT2D eigenvalue weighted by Crippen LogP contribution is -2.29. The highest BCUT2D eigenvalue weighted by Crippen LogP contribution is 2.36. The summed E-state index contributed by atoms with van der Waals surface area (Å²) in [5, 5.41) is 20.7. The summed E-state index contributed by atoms with van der Waals surface area (Å²) in [6.45, 7) is 2.16. The van der Waals surface area contributed by atoms with Gasteiger partial charge in [-0.25, -0.2) is 9.59 Å². The number of ether oxygens (including phenoxy) is 5. The molecule has 0 aliphatic carbocycles. The lowest BCUT2D eigenvalue weighted by atomic mass is 9.99. The van der Waals surface area contributed by atoms with Crippen LogP contribution >= 0.6 is 0 Å². The predicted molar refractivity (Wildman–Crippen MR) is 126 cm³/mol. The third kappa shape index (κ3) is 7.62. The van der Waals surface area contributed by atoms with E-state index in [1.807, 2.05) is 6.92 Å². The third-order valence-corrected chi connectivity index (χ3v) is 5.02. The molecule has 1 heterocycles. The Hall–Kier alpha value is -3.76. The second-order valence-corrected chi connectivity index (χ2v) is 7.44. The zero-order valence-corrected chi connectivity index (χ0v) is 19.3. The van der Waals surface area contributed by atoms with Gasteiger partial charge in [0, 0.05) is 30.0 Å². The van der Waals surface area contributed by atoms with Crippen molar-refractivity contribution in [2.45, 2.75) is 32.0 Å². The van der Waals surface area contributed by atoms with Crippen molar-refractivity contribution in [3.63, 3.8) is 0 Å². The van der Waals surface area contributed by atoms with E-state index in [2.05, 4.69) is 5.32 Å². The normalized spacial score (nSPS) is 13.9. The fraction of sp³-hybridized carbons (Fsp3) is 0.360. The molecule has 0 radical (unpaired) electrons. The zero-order valence-electron chi connectivity index (χ0n) is 19.3. The minimum absolute atomic E-state index is 0.0633. The lowest BCUT2D eigenvalue weighted by Gasteiger charge is -2.28. The number of fused-ring (bicyclic) bond motifs is 1. The standard InChI is InChI=1S/C25H29NO9/c1-2-31-21(9-5-6-10-23(28)29)24(18-7-3-4-8-19(18)32-14-13-27)35-25(30)26-17-11-12-20-22(15-17)34-16-33-20/h3-4,6-8,10-12,15,21,24,27H,2,5,9,13-14,16H2,1H3,(H,26,30)(H,28,29)/b10-6+/t21-,24-/m0/s1. The Morgan fingerprint density at radius 3 is 2.74 bits per heavy atom. The molecule has 0 bridgehead atoms. The van der Waals surface area contributed by atoms with Crippen molar-refractivity contribution in [3.8, 4) is 17.2 Å². The molecule has 1 aliphatic heterocycles. The van der Waals surface area contributed by atoms with Crippen LogP contribution in [0.1, 0.15) is 31.4 Å². The molecule has 0 aromatic heterocycles. The quantitative estimate of drug-likeness (QED) is 0.360. The minimum atomic E-state index is -1.04. The molecule has 0 spiro atoms. The summed E-state index contributed by atoms with van der Waals surface area (Å²) in [5.41, 5.74) is 1.02. The van der Waals surface area contributed by atoms with E-state index in [0.717, 1.165) is 6.08 Å². The Morgan fingerprint density at radius 1 is 1.17 bits per heavy atom. The number of carbonyl (C=O) groups is 2. The SMILES string of the molecule is CCO[C@@H](CC/C=C/C(=O)O)[C@@H](OC(=O)Nc1ccc2c(c1)OCO2)c1ccccc1OCCO. The summed E-state index contributed by atoms with van der Waals surface area (Å²) in [5.74, 6) is 0.493. The Balaban J connectivity index is 1.83. The van der Waals surface area contributed by atoms with Gasteiger partial charge < -0.3 is 33.9 Å². The van der Waals surface area contributed by atoms with E-state index < -0.39 is 24.3 Å². The van der Waals surface area contributed by atoms with E-state index in [4.69, 9.17) is 28.8 Å². The maximum atomic E-state index is 12.9. The predicted octanol–water partition coefficient (Wildman–Crippen LogP) is 3.90. The Kier molecular flexibility index (Phi) is 9.76. The lowest BCUT2D eigenvalue weighted by molar-refractivity contribution is -0.131. The zero-order chi connectivity index (χ0) is 25.0. The maximum Gasteiger partial charge on any atom is 0.412 e. The van der Waals surface area contributed by atoms with Crippen LogP contribution in [-0.2, 0) is 14.3 Å². The third-order valence-electron chi connectivity index (χ3n) is 5.02. The van der Waals surface area contributed by atoms with Gasteiger partial charge in [-0.2, -0.15) is 0 Å². The van der Waals surface area contributed by atoms with Gasteiger partial charge in [-0.1, -0.05) is 24.3 Å². The van der Waals surface area contributed by atoms with Gasteiger partial charge in [-0.05, 0) is 38.0 Å². The molecular weight excluding hydrogens is 458 g/mol. The first-order valence-corrected chi connectivity index (χ1v) is 11.2. The van der Waals surface area contributed by atoms with Crippen molar-refractivity contribution < 1.29 is 43.5 Å². The van der Waals surface area contributed by atoms with Crippen LogP contribution in [0.2, 0.25) is 0 Å². The topological polar surface area (TPSA) is 133 Å². The van der Waals surface area contributed by atoms with Crippen LogP contribution in [0.5, 0.6) is 17.2 Å². The minimum Gasteiger partial charge on any atom is -0.491 e. The van der Waals surface area contributed by atoms with Crippen LogP contribution < -0.4 is 19.5 Å². The Labute approximate surface area is 203 Å². The molecule has 3 N–H and O–H groups in total. The van der Waals surface area contributed by atoms with E-state index in [0.29, 0.717) is 47.9 Å². The molecule has 0 unspecified atom stereocenters. The van der Waals surface area contributed by atoms with E-state index in [9.17, 15) is 14.7 Å². The Bertz CT molecular complexity index is 1020. The van der Waals surface area contributed by atoms with Gasteiger partial charge in [0.15, 0.2) is 17.6 Å². The number of rotatable bonds is 13. The van der Waals surface area contributed by atoms with Crippen molar-refractivity contribution in [1.82, 2.24) is 0 Å². The number of carboxylic acid groups (broad SMARTS) is 1. The molecule has 35 heavy (non-hydrogen) atoms. The smallest absolute Gasteiger partial charge is 0.412 e. The van der Waals surface area contributed by atoms with Crippen LogP contribution in [0.4, 0.5) is 10.5 Å². The van der Waals surface area contributed by atoms with Gasteiger partial charge in [0.05, 0.1) is 12.7 Å². The van der Waals surface area contributed by atoms with Crippen LogP contribution in [0.3, 0.4) is 0 Å². The van der Waals surface area contributed by atoms with Gasteiger partial charge in [0.25, 0.3) is 0 Å². The van der Waals surface area contributed by atoms with Crippen molar-refractivity contribution >= 4 is 17.7 Å². The summed E-state index contributed by atoms with van der Waals surface area (Å²) >= 11 is 0. The van der Waals surface area contributed by atoms with E-state index in [-0.39, 0.29) is 20.0 Å². The number of aliphatic carboxylic acids is 1. The average Bonchev–Trinajstić information content (AvgIpc) is 3.31. The summed E-state index contributed by atoms with van der Waals surface area (Å²) in [6, 6.07) is 12.0. The van der Waals surface area contributed by atoms with Gasteiger partial charge in [0.1, 0.15) is 12.4 Å². The molecule has 1 amide bonds. The van der Waals surface area contributed by atoms with E-state index >= 15 is 0 Å². The van der Waals surface area contributed by atoms with Gasteiger partial charge in [-0.3, -0.25) is 5.32 Å². The number of amides is 1. The summed E-state index contributed by atoms with van der Waals surface area (Å²) in [4.78, 5) is 23.7. The number of aliphatic hydroxyl groups excluding tert-OH is 1. The number of hydrogen-bond donors (Lipinski definition) is 3. The monoisotopic (exact) mass is 487 g/mol. The molecule has 0 saturated carbocycles. The second-order valence-electron chi connectivity index (χ2n) is 7.44. The Morgan fingerprint density at radius 2 is 1.97 bits per heavy atom. The number of nitrogens with one attached hydrogen (secondary N) is 1. The number of aliphatic hydroxyl groups is 1. The molecule has 10 heteroatoms. The van der Waals surface area contributed by atoms with Crippen molar-refractivity contribution in [3.05, 3.63) is 60.2 Å². The second kappa shape index (κ2) is 13.2. The number of allylic oxidation sites excluding steroid dienone is 1. The molecule has 188 valence electrons. The highest BCUT2D eigenvalue weighted by Gasteiger charge is 2.30. The van der Waals surface area contributed by atoms with Crippen molar-refractivity contribution in [2.75, 3.05) is 31.9 Å². The molecule has 0 fully saturated rings. The first kappa shape index (κ1) is 25.9. The van der Waals surface area contributed by atoms with Crippen LogP contribution in [0, 0.1) is 0 Å². The largest absolute Gasteiger partial charge is 0.491 e. The average molecular weight is 488 g/mol. The highest BCUT2D eigenvalue weighted by atomic mass is 16.7. The summed E-state index contributed by atoms with van der Waals surface area (Å²) < 4.78 is 28.1. The number of benzene rings is 2. The number of carboxylic acids is 1. The molecule has 2 aromatic carbocycles. The molecule has 1 aliphatic rings. The first-order valence-electron chi connectivity index (χ1n) is 11.2. The molecular formula is C25H29NO9. The number of para-hydroxylation sites is 1. The van der Waals surface area contributed by atoms with Crippen molar-refractivity contribution in [1.29, 1.82) is 0 Å². The fourth-order valence-corrected chi connectivity index (χ4v) is 3.56. The summed E-state index contributed by atoms with van der Waals surface area (Å²) in [6.07, 6.45) is 1.15. The van der Waals surface area contributed by atoms with Crippen LogP contribution in [-0.4, -0.2) is 55.0 Å². The maximum absolute atomic E-state index is 12.9.